The molecule has 0 aliphatic carbocycles. The molecule has 0 heterocycles. The van der Waals surface area contributed by atoms with E-state index in [1.54, 1.807) is 18.2 Å². The summed E-state index contributed by atoms with van der Waals surface area (Å²) < 4.78 is 41.1. The Morgan fingerprint density at radius 3 is 2.31 bits per heavy atom. The smallest absolute Gasteiger partial charge is 0.442 e. The Kier molecular flexibility index (Phi) is 4.23. The highest BCUT2D eigenvalue weighted by Gasteiger charge is 2.37. The first-order valence-electron chi connectivity index (χ1n) is 4.31. The molecule has 0 aromatic heterocycles. The van der Waals surface area contributed by atoms with Gasteiger partial charge in [-0.3, -0.25) is 4.79 Å². The van der Waals surface area contributed by atoms with Crippen molar-refractivity contribution in [3.05, 3.63) is 35.9 Å². The molecule has 6 heteroatoms. The second-order valence-electron chi connectivity index (χ2n) is 2.88. The maximum atomic E-state index is 12.2. The minimum Gasteiger partial charge on any atom is -0.468 e. The number of rotatable bonds is 3. The third-order valence-corrected chi connectivity index (χ3v) is 2.74. The number of hydrogen-bond acceptors (Lipinski definition) is 3. The summed E-state index contributed by atoms with van der Waals surface area (Å²) in [6.45, 7) is 0. The summed E-state index contributed by atoms with van der Waals surface area (Å²) in [5, 5.41) is -1.37. The maximum absolute atomic E-state index is 12.2. The number of halogens is 3. The van der Waals surface area contributed by atoms with Crippen molar-refractivity contribution in [3.8, 4) is 0 Å². The Bertz CT molecular complexity index is 351. The van der Waals surface area contributed by atoms with Crippen LogP contribution < -0.4 is 0 Å². The largest absolute Gasteiger partial charge is 0.468 e. The fraction of sp³-hybridized carbons (Fsp3) is 0.300. The molecule has 2 nitrogen and oxygen atoms in total. The maximum Gasteiger partial charge on any atom is 0.442 e. The van der Waals surface area contributed by atoms with Gasteiger partial charge in [0.1, 0.15) is 5.25 Å². The molecule has 1 rings (SSSR count). The number of benzene rings is 1. The number of thioether (sulfide) groups is 1. The number of carbonyl (C=O) groups excluding carboxylic acids is 1. The van der Waals surface area contributed by atoms with Crippen molar-refractivity contribution in [1.29, 1.82) is 0 Å². The number of ether oxygens (including phenoxy) is 1. The summed E-state index contributed by atoms with van der Waals surface area (Å²) in [5.41, 5.74) is -4.20. The highest BCUT2D eigenvalue weighted by Crippen LogP contribution is 2.42. The van der Waals surface area contributed by atoms with E-state index in [4.69, 9.17) is 0 Å². The first-order chi connectivity index (χ1) is 7.44. The zero-order valence-corrected chi connectivity index (χ0v) is 9.14. The number of methoxy groups -OCH3 is 1. The van der Waals surface area contributed by atoms with Crippen LogP contribution in [0.5, 0.6) is 0 Å². The zero-order chi connectivity index (χ0) is 12.2. The lowest BCUT2D eigenvalue weighted by atomic mass is 10.1. The van der Waals surface area contributed by atoms with Crippen LogP contribution in [0.25, 0.3) is 0 Å². The molecule has 0 amide bonds. The summed E-state index contributed by atoms with van der Waals surface area (Å²) in [7, 11) is 1.06. The second kappa shape index (κ2) is 5.25. The van der Waals surface area contributed by atoms with Crippen LogP contribution in [0, 0.1) is 0 Å². The van der Waals surface area contributed by atoms with E-state index in [-0.39, 0.29) is 17.3 Å². The monoisotopic (exact) mass is 250 g/mol. The molecule has 0 bridgehead atoms. The van der Waals surface area contributed by atoms with E-state index in [0.717, 1.165) is 7.11 Å². The molecule has 88 valence electrons. The van der Waals surface area contributed by atoms with Crippen molar-refractivity contribution in [2.24, 2.45) is 0 Å². The predicted octanol–water partition coefficient (Wildman–Crippen LogP) is 3.15. The van der Waals surface area contributed by atoms with E-state index >= 15 is 0 Å². The zero-order valence-electron chi connectivity index (χ0n) is 8.32. The lowest BCUT2D eigenvalue weighted by Gasteiger charge is -2.15. The van der Waals surface area contributed by atoms with Gasteiger partial charge >= 0.3 is 11.5 Å². The third kappa shape index (κ3) is 3.77. The first-order valence-corrected chi connectivity index (χ1v) is 5.19. The molecular formula is C10H9F3O2S. The van der Waals surface area contributed by atoms with Gasteiger partial charge in [-0.2, -0.15) is 13.2 Å². The van der Waals surface area contributed by atoms with Gasteiger partial charge in [-0.05, 0) is 17.3 Å². The van der Waals surface area contributed by atoms with Gasteiger partial charge in [0.05, 0.1) is 7.11 Å². The molecule has 0 unspecified atom stereocenters. The van der Waals surface area contributed by atoms with Crippen molar-refractivity contribution < 1.29 is 22.7 Å². The van der Waals surface area contributed by atoms with Gasteiger partial charge in [-0.15, -0.1) is 0 Å². The highest BCUT2D eigenvalue weighted by atomic mass is 32.2. The van der Waals surface area contributed by atoms with Gasteiger partial charge in [-0.1, -0.05) is 30.3 Å². The molecule has 0 saturated carbocycles. The average Bonchev–Trinajstić information content (AvgIpc) is 2.25. The SMILES string of the molecule is COC(=O)[C@H](SC(F)(F)F)c1ccccc1. The Morgan fingerprint density at radius 2 is 1.88 bits per heavy atom. The minimum atomic E-state index is -4.48. The fourth-order valence-electron chi connectivity index (χ4n) is 1.12. The number of carbonyl (C=O) groups is 1. The Balaban J connectivity index is 2.93. The van der Waals surface area contributed by atoms with Crippen LogP contribution in [-0.2, 0) is 9.53 Å². The molecule has 0 N–H and O–H groups in total. The standard InChI is InChI=1S/C10H9F3O2S/c1-15-9(14)8(16-10(11,12)13)7-5-3-2-4-6-7/h2-6,8H,1H3/t8-/m1/s1. The van der Waals surface area contributed by atoms with E-state index in [2.05, 4.69) is 4.74 Å². The lowest BCUT2D eigenvalue weighted by Crippen LogP contribution is -2.16. The van der Waals surface area contributed by atoms with Gasteiger partial charge < -0.3 is 4.74 Å². The van der Waals surface area contributed by atoms with Crippen molar-refractivity contribution in [2.45, 2.75) is 10.8 Å². The van der Waals surface area contributed by atoms with Crippen LogP contribution in [0.1, 0.15) is 10.8 Å². The van der Waals surface area contributed by atoms with E-state index in [9.17, 15) is 18.0 Å². The Morgan fingerprint density at radius 1 is 1.31 bits per heavy atom. The first kappa shape index (κ1) is 12.9. The number of esters is 1. The van der Waals surface area contributed by atoms with Crippen molar-refractivity contribution in [1.82, 2.24) is 0 Å². The molecular weight excluding hydrogens is 241 g/mol. The van der Waals surface area contributed by atoms with Gasteiger partial charge in [-0.25, -0.2) is 0 Å². The number of alkyl halides is 3. The minimum absolute atomic E-state index is 0.275. The van der Waals surface area contributed by atoms with Crippen molar-refractivity contribution in [2.75, 3.05) is 7.11 Å². The van der Waals surface area contributed by atoms with Crippen LogP contribution in [0.4, 0.5) is 13.2 Å². The Labute approximate surface area is 94.8 Å². The van der Waals surface area contributed by atoms with Gasteiger partial charge in [0.15, 0.2) is 0 Å². The van der Waals surface area contributed by atoms with Crippen LogP contribution >= 0.6 is 11.8 Å². The molecule has 0 radical (unpaired) electrons. The van der Waals surface area contributed by atoms with Gasteiger partial charge in [0.25, 0.3) is 0 Å². The molecule has 0 fully saturated rings. The molecule has 1 aromatic rings. The Hall–Kier alpha value is -1.17. The van der Waals surface area contributed by atoms with Crippen LogP contribution in [0.3, 0.4) is 0 Å². The van der Waals surface area contributed by atoms with Crippen molar-refractivity contribution in [3.63, 3.8) is 0 Å². The summed E-state index contributed by atoms with van der Waals surface area (Å²) in [4.78, 5) is 11.2. The van der Waals surface area contributed by atoms with Gasteiger partial charge in [0.2, 0.25) is 0 Å². The molecule has 0 aliphatic heterocycles. The van der Waals surface area contributed by atoms with E-state index in [0.29, 0.717) is 0 Å². The fourth-order valence-corrected chi connectivity index (χ4v) is 1.87. The second-order valence-corrected chi connectivity index (χ2v) is 4.05. The van der Waals surface area contributed by atoms with Crippen molar-refractivity contribution >= 4 is 17.7 Å². The van der Waals surface area contributed by atoms with Crippen LogP contribution in [0.2, 0.25) is 0 Å². The highest BCUT2D eigenvalue weighted by molar-refractivity contribution is 8.01. The van der Waals surface area contributed by atoms with E-state index in [1.807, 2.05) is 0 Å². The molecule has 1 atom stereocenters. The van der Waals surface area contributed by atoms with Gasteiger partial charge in [0, 0.05) is 0 Å². The lowest BCUT2D eigenvalue weighted by molar-refractivity contribution is -0.140. The molecule has 0 saturated heterocycles. The molecule has 0 spiro atoms. The predicted molar refractivity (Wildman–Crippen MR) is 54.8 cm³/mol. The van der Waals surface area contributed by atoms with E-state index < -0.39 is 16.7 Å². The topological polar surface area (TPSA) is 26.3 Å². The summed E-state index contributed by atoms with van der Waals surface area (Å²) in [6, 6.07) is 7.72. The quantitative estimate of drug-likeness (QED) is 0.771. The molecule has 0 aliphatic rings. The summed E-state index contributed by atoms with van der Waals surface area (Å²) in [6.07, 6.45) is 0. The summed E-state index contributed by atoms with van der Waals surface area (Å²) in [5.74, 6) is -0.909. The summed E-state index contributed by atoms with van der Waals surface area (Å²) >= 11 is -0.387. The molecule has 1 aromatic carbocycles. The average molecular weight is 250 g/mol. The number of hydrogen-bond donors (Lipinski definition) is 0. The third-order valence-electron chi connectivity index (χ3n) is 1.77. The van der Waals surface area contributed by atoms with Crippen LogP contribution in [-0.4, -0.2) is 18.6 Å². The van der Waals surface area contributed by atoms with E-state index in [1.165, 1.54) is 12.1 Å². The van der Waals surface area contributed by atoms with Crippen LogP contribution in [0.15, 0.2) is 30.3 Å². The molecule has 16 heavy (non-hydrogen) atoms. The normalized spacial score (nSPS) is 13.2.